The SMILES string of the molecule is N#CC1(C(=O)Nc2ccc([N+](=O)[O-])cc2Br)CC1. The number of nitriles is 1. The zero-order valence-electron chi connectivity index (χ0n) is 9.14. The number of nitro groups is 1. The maximum atomic E-state index is 11.8. The summed E-state index contributed by atoms with van der Waals surface area (Å²) < 4.78 is 0.416. The molecule has 7 heteroatoms. The lowest BCUT2D eigenvalue weighted by atomic mass is 10.1. The highest BCUT2D eigenvalue weighted by Crippen LogP contribution is 2.46. The van der Waals surface area contributed by atoms with Crippen LogP contribution in [0.25, 0.3) is 0 Å². The molecule has 0 radical (unpaired) electrons. The molecule has 1 aromatic carbocycles. The highest BCUT2D eigenvalue weighted by atomic mass is 79.9. The Morgan fingerprint density at radius 3 is 2.67 bits per heavy atom. The van der Waals surface area contributed by atoms with Crippen LogP contribution in [0.2, 0.25) is 0 Å². The number of non-ortho nitro benzene ring substituents is 1. The summed E-state index contributed by atoms with van der Waals surface area (Å²) in [6.07, 6.45) is 1.11. The van der Waals surface area contributed by atoms with Crippen LogP contribution in [0.3, 0.4) is 0 Å². The van der Waals surface area contributed by atoms with Gasteiger partial charge in [-0.1, -0.05) is 0 Å². The van der Waals surface area contributed by atoms with Crippen LogP contribution in [0.15, 0.2) is 22.7 Å². The third-order valence-corrected chi connectivity index (χ3v) is 3.47. The van der Waals surface area contributed by atoms with Crippen LogP contribution in [0, 0.1) is 26.9 Å². The summed E-state index contributed by atoms with van der Waals surface area (Å²) in [7, 11) is 0. The highest BCUT2D eigenvalue weighted by molar-refractivity contribution is 9.10. The fraction of sp³-hybridized carbons (Fsp3) is 0.273. The van der Waals surface area contributed by atoms with Gasteiger partial charge < -0.3 is 5.32 Å². The number of amides is 1. The van der Waals surface area contributed by atoms with Crippen LogP contribution in [-0.4, -0.2) is 10.8 Å². The molecule has 0 unspecified atom stereocenters. The molecule has 1 aliphatic carbocycles. The van der Waals surface area contributed by atoms with Gasteiger partial charge in [-0.25, -0.2) is 0 Å². The first-order chi connectivity index (χ1) is 8.48. The molecule has 0 bridgehead atoms. The molecule has 0 heterocycles. The van der Waals surface area contributed by atoms with E-state index >= 15 is 0 Å². The number of rotatable bonds is 3. The minimum Gasteiger partial charge on any atom is -0.324 e. The third kappa shape index (κ3) is 2.19. The third-order valence-electron chi connectivity index (χ3n) is 2.81. The molecule has 1 amide bonds. The van der Waals surface area contributed by atoms with Gasteiger partial charge in [0.25, 0.3) is 5.69 Å². The maximum Gasteiger partial charge on any atom is 0.270 e. The number of halogens is 1. The minimum absolute atomic E-state index is 0.0682. The second-order valence-electron chi connectivity index (χ2n) is 4.07. The second-order valence-corrected chi connectivity index (χ2v) is 4.92. The van der Waals surface area contributed by atoms with Gasteiger partial charge in [0.1, 0.15) is 5.41 Å². The molecule has 0 saturated heterocycles. The number of nitro benzene ring substituents is 1. The molecule has 1 aromatic rings. The molecule has 1 saturated carbocycles. The van der Waals surface area contributed by atoms with Crippen molar-refractivity contribution in [2.75, 3.05) is 5.32 Å². The molecule has 0 spiro atoms. The van der Waals surface area contributed by atoms with Crippen molar-refractivity contribution in [2.45, 2.75) is 12.8 Å². The van der Waals surface area contributed by atoms with Crippen LogP contribution in [0.4, 0.5) is 11.4 Å². The summed E-state index contributed by atoms with van der Waals surface area (Å²) in [6.45, 7) is 0. The fourth-order valence-electron chi connectivity index (χ4n) is 1.48. The Morgan fingerprint density at radius 1 is 1.56 bits per heavy atom. The average Bonchev–Trinajstić information content (AvgIpc) is 3.12. The van der Waals surface area contributed by atoms with E-state index in [1.54, 1.807) is 0 Å². The van der Waals surface area contributed by atoms with Crippen LogP contribution < -0.4 is 5.32 Å². The minimum atomic E-state index is -0.915. The van der Waals surface area contributed by atoms with Crippen LogP contribution >= 0.6 is 15.9 Å². The summed E-state index contributed by atoms with van der Waals surface area (Å²) in [6, 6.07) is 6.03. The maximum absolute atomic E-state index is 11.8. The van der Waals surface area contributed by atoms with Gasteiger partial charge in [0, 0.05) is 16.6 Å². The lowest BCUT2D eigenvalue weighted by Crippen LogP contribution is -2.22. The van der Waals surface area contributed by atoms with E-state index in [1.165, 1.54) is 18.2 Å². The number of hydrogen-bond donors (Lipinski definition) is 1. The van der Waals surface area contributed by atoms with E-state index < -0.39 is 10.3 Å². The number of carbonyl (C=O) groups is 1. The van der Waals surface area contributed by atoms with Crippen LogP contribution in [0.1, 0.15) is 12.8 Å². The summed E-state index contributed by atoms with van der Waals surface area (Å²) in [5, 5.41) is 22.0. The molecule has 0 atom stereocenters. The van der Waals surface area contributed by atoms with Gasteiger partial charge in [0.15, 0.2) is 0 Å². The quantitative estimate of drug-likeness (QED) is 0.685. The van der Waals surface area contributed by atoms with E-state index in [0.717, 1.165) is 0 Å². The predicted molar refractivity (Wildman–Crippen MR) is 66.7 cm³/mol. The first kappa shape index (κ1) is 12.5. The summed E-state index contributed by atoms with van der Waals surface area (Å²) in [5.41, 5.74) is -0.560. The molecular weight excluding hydrogens is 302 g/mol. The van der Waals surface area contributed by atoms with Crippen molar-refractivity contribution in [1.82, 2.24) is 0 Å². The summed E-state index contributed by atoms with van der Waals surface area (Å²) in [5.74, 6) is -0.362. The molecule has 0 aromatic heterocycles. The first-order valence-electron chi connectivity index (χ1n) is 5.15. The Morgan fingerprint density at radius 2 is 2.22 bits per heavy atom. The van der Waals surface area contributed by atoms with Gasteiger partial charge in [0.2, 0.25) is 5.91 Å². The van der Waals surface area contributed by atoms with Gasteiger partial charge in [-0.15, -0.1) is 0 Å². The molecule has 2 rings (SSSR count). The zero-order valence-corrected chi connectivity index (χ0v) is 10.7. The molecule has 6 nitrogen and oxygen atoms in total. The number of nitrogens with zero attached hydrogens (tertiary/aromatic N) is 2. The number of hydrogen-bond acceptors (Lipinski definition) is 4. The van der Waals surface area contributed by atoms with E-state index in [-0.39, 0.29) is 11.6 Å². The summed E-state index contributed by atoms with van der Waals surface area (Å²) in [4.78, 5) is 21.8. The summed E-state index contributed by atoms with van der Waals surface area (Å²) >= 11 is 3.15. The number of anilines is 1. The normalized spacial score (nSPS) is 15.6. The number of benzene rings is 1. The van der Waals surface area contributed by atoms with E-state index in [2.05, 4.69) is 21.2 Å². The lowest BCUT2D eigenvalue weighted by Gasteiger charge is -2.09. The molecule has 0 aliphatic heterocycles. The highest BCUT2D eigenvalue weighted by Gasteiger charge is 2.50. The van der Waals surface area contributed by atoms with E-state index in [0.29, 0.717) is 23.0 Å². The van der Waals surface area contributed by atoms with Gasteiger partial charge >= 0.3 is 0 Å². The Hall–Kier alpha value is -1.94. The van der Waals surface area contributed by atoms with Crippen molar-refractivity contribution in [3.05, 3.63) is 32.8 Å². The van der Waals surface area contributed by atoms with Gasteiger partial charge in [-0.3, -0.25) is 14.9 Å². The number of nitrogens with one attached hydrogen (secondary N) is 1. The van der Waals surface area contributed by atoms with Crippen LogP contribution in [0.5, 0.6) is 0 Å². The van der Waals surface area contributed by atoms with Crippen molar-refractivity contribution in [1.29, 1.82) is 5.26 Å². The molecule has 1 N–H and O–H groups in total. The number of carbonyl (C=O) groups excluding carboxylic acids is 1. The smallest absolute Gasteiger partial charge is 0.270 e. The Bertz CT molecular complexity index is 575. The molecule has 1 aliphatic rings. The Kier molecular flexibility index (Phi) is 3.05. The van der Waals surface area contributed by atoms with Gasteiger partial charge in [-0.05, 0) is 34.8 Å². The largest absolute Gasteiger partial charge is 0.324 e. The molecule has 18 heavy (non-hydrogen) atoms. The molecule has 1 fully saturated rings. The van der Waals surface area contributed by atoms with Gasteiger partial charge in [0.05, 0.1) is 16.7 Å². The lowest BCUT2D eigenvalue weighted by molar-refractivity contribution is -0.384. The predicted octanol–water partition coefficient (Wildman–Crippen LogP) is 2.60. The fourth-order valence-corrected chi connectivity index (χ4v) is 1.94. The van der Waals surface area contributed by atoms with E-state index in [1.807, 2.05) is 6.07 Å². The van der Waals surface area contributed by atoms with Crippen molar-refractivity contribution in [3.63, 3.8) is 0 Å². The van der Waals surface area contributed by atoms with Crippen molar-refractivity contribution in [2.24, 2.45) is 5.41 Å². The van der Waals surface area contributed by atoms with Gasteiger partial charge in [-0.2, -0.15) is 5.26 Å². The van der Waals surface area contributed by atoms with E-state index in [9.17, 15) is 14.9 Å². The molecular formula is C11H8BrN3O3. The monoisotopic (exact) mass is 309 g/mol. The van der Waals surface area contributed by atoms with E-state index in [4.69, 9.17) is 5.26 Å². The average molecular weight is 310 g/mol. The zero-order chi connectivity index (χ0) is 13.3. The van der Waals surface area contributed by atoms with Crippen LogP contribution in [-0.2, 0) is 4.79 Å². The topological polar surface area (TPSA) is 96.0 Å². The van der Waals surface area contributed by atoms with Crippen molar-refractivity contribution >= 4 is 33.2 Å². The molecule has 92 valence electrons. The standard InChI is InChI=1S/C11H8BrN3O3/c12-8-5-7(15(17)18)1-2-9(8)14-10(16)11(6-13)3-4-11/h1-2,5H,3-4H2,(H,14,16). The Labute approximate surface area is 111 Å². The van der Waals surface area contributed by atoms with Crippen molar-refractivity contribution in [3.8, 4) is 6.07 Å². The first-order valence-corrected chi connectivity index (χ1v) is 5.94. The Balaban J connectivity index is 2.18. The second kappa shape index (κ2) is 4.38. The van der Waals surface area contributed by atoms with Crippen molar-refractivity contribution < 1.29 is 9.72 Å².